The Balaban J connectivity index is 1.53. The van der Waals surface area contributed by atoms with Crippen molar-refractivity contribution in [3.63, 3.8) is 0 Å². The second-order valence-electron chi connectivity index (χ2n) is 7.87. The number of anilines is 2. The number of carbonyl (C=O) groups excluding carboxylic acids is 1. The van der Waals surface area contributed by atoms with E-state index in [1.807, 2.05) is 4.90 Å². The third kappa shape index (κ3) is 3.81. The molecule has 1 amide bonds. The Morgan fingerprint density at radius 2 is 1.56 bits per heavy atom. The maximum atomic E-state index is 13.0. The molecule has 1 saturated heterocycles. The van der Waals surface area contributed by atoms with E-state index >= 15 is 0 Å². The van der Waals surface area contributed by atoms with E-state index in [-0.39, 0.29) is 11.7 Å². The molecule has 0 spiro atoms. The maximum Gasteiger partial charge on any atom is 0.253 e. The number of hydrogen-bond acceptors (Lipinski definition) is 8. The molecular formula is C23H27N5O4. The van der Waals surface area contributed by atoms with E-state index in [0.29, 0.717) is 77.0 Å². The summed E-state index contributed by atoms with van der Waals surface area (Å²) in [6.45, 7) is 5.82. The van der Waals surface area contributed by atoms with E-state index in [1.165, 1.54) is 0 Å². The largest absolute Gasteiger partial charge is 0.507 e. The minimum atomic E-state index is -0.0494. The lowest BCUT2D eigenvalue weighted by molar-refractivity contribution is 0.0746. The molecule has 2 heterocycles. The molecule has 4 rings (SSSR count). The molecule has 3 N–H and O–H groups in total. The summed E-state index contributed by atoms with van der Waals surface area (Å²) >= 11 is 0. The van der Waals surface area contributed by atoms with Crippen molar-refractivity contribution < 1.29 is 19.4 Å². The minimum absolute atomic E-state index is 0.0494. The van der Waals surface area contributed by atoms with Crippen molar-refractivity contribution in [1.82, 2.24) is 14.9 Å². The van der Waals surface area contributed by atoms with E-state index in [4.69, 9.17) is 15.2 Å². The van der Waals surface area contributed by atoms with Gasteiger partial charge in [0, 0.05) is 43.2 Å². The van der Waals surface area contributed by atoms with Gasteiger partial charge in [-0.1, -0.05) is 0 Å². The normalized spacial score (nSPS) is 14.0. The lowest BCUT2D eigenvalue weighted by Gasteiger charge is -2.35. The van der Waals surface area contributed by atoms with Crippen LogP contribution in [0.25, 0.3) is 10.9 Å². The smallest absolute Gasteiger partial charge is 0.253 e. The van der Waals surface area contributed by atoms with Crippen molar-refractivity contribution in [3.8, 4) is 17.2 Å². The number of carbonyl (C=O) groups is 1. The predicted molar refractivity (Wildman–Crippen MR) is 123 cm³/mol. The average molecular weight is 438 g/mol. The summed E-state index contributed by atoms with van der Waals surface area (Å²) in [5.74, 6) is 2.19. The number of rotatable bonds is 4. The fourth-order valence-corrected chi connectivity index (χ4v) is 3.98. The molecule has 32 heavy (non-hydrogen) atoms. The molecule has 1 aliphatic rings. The topological polar surface area (TPSA) is 114 Å². The number of aromatic hydroxyl groups is 1. The van der Waals surface area contributed by atoms with Crippen molar-refractivity contribution in [2.24, 2.45) is 0 Å². The lowest BCUT2D eigenvalue weighted by atomic mass is 10.0. The molecule has 1 aromatic heterocycles. The van der Waals surface area contributed by atoms with E-state index in [1.54, 1.807) is 57.2 Å². The number of piperazine rings is 1. The van der Waals surface area contributed by atoms with Crippen LogP contribution in [0.1, 0.15) is 21.5 Å². The summed E-state index contributed by atoms with van der Waals surface area (Å²) in [6, 6.07) is 7.01. The lowest BCUT2D eigenvalue weighted by Crippen LogP contribution is -2.49. The molecule has 2 aromatic carbocycles. The van der Waals surface area contributed by atoms with Crippen molar-refractivity contribution in [2.45, 2.75) is 13.8 Å². The van der Waals surface area contributed by atoms with E-state index in [9.17, 15) is 9.90 Å². The van der Waals surface area contributed by atoms with Crippen LogP contribution in [0.4, 0.5) is 11.8 Å². The van der Waals surface area contributed by atoms with Gasteiger partial charge in [-0.05, 0) is 43.2 Å². The van der Waals surface area contributed by atoms with E-state index in [0.717, 1.165) is 0 Å². The van der Waals surface area contributed by atoms with Crippen LogP contribution in [0.2, 0.25) is 0 Å². The molecule has 9 heteroatoms. The molecule has 0 aliphatic carbocycles. The van der Waals surface area contributed by atoms with Crippen molar-refractivity contribution in [3.05, 3.63) is 41.0 Å². The van der Waals surface area contributed by atoms with Gasteiger partial charge in [-0.15, -0.1) is 0 Å². The summed E-state index contributed by atoms with van der Waals surface area (Å²) in [5, 5.41) is 10.7. The molecule has 9 nitrogen and oxygen atoms in total. The van der Waals surface area contributed by atoms with Gasteiger partial charge in [-0.2, -0.15) is 4.98 Å². The fraction of sp³-hybridized carbons (Fsp3) is 0.348. The highest BCUT2D eigenvalue weighted by Crippen LogP contribution is 2.34. The number of hydrogen-bond donors (Lipinski definition) is 2. The van der Waals surface area contributed by atoms with Crippen LogP contribution in [0.3, 0.4) is 0 Å². The van der Waals surface area contributed by atoms with Gasteiger partial charge in [0.1, 0.15) is 11.6 Å². The molecule has 168 valence electrons. The molecule has 0 unspecified atom stereocenters. The van der Waals surface area contributed by atoms with Gasteiger partial charge in [0.15, 0.2) is 11.5 Å². The van der Waals surface area contributed by atoms with Crippen molar-refractivity contribution >= 4 is 28.6 Å². The van der Waals surface area contributed by atoms with Gasteiger partial charge < -0.3 is 30.1 Å². The highest BCUT2D eigenvalue weighted by molar-refractivity contribution is 5.95. The standard InChI is InChI=1S/C23H27N5O4/c1-13-9-15(10-14(2)20(13)29)22(30)27-5-7-28(8-6-27)23-25-17-12-19(32-4)18(31-3)11-16(17)21(24)26-23/h9-12,29H,5-8H2,1-4H3,(H2,24,25,26). The summed E-state index contributed by atoms with van der Waals surface area (Å²) < 4.78 is 10.7. The SMILES string of the molecule is COc1cc2nc(N3CCN(C(=O)c4cc(C)c(O)c(C)c4)CC3)nc(N)c2cc1OC. The zero-order valence-electron chi connectivity index (χ0n) is 18.7. The molecule has 0 bridgehead atoms. The Morgan fingerprint density at radius 1 is 0.969 bits per heavy atom. The number of aryl methyl sites for hydroxylation is 2. The first-order valence-corrected chi connectivity index (χ1v) is 10.4. The number of ether oxygens (including phenoxy) is 2. The van der Waals surface area contributed by atoms with Crippen LogP contribution in [0.15, 0.2) is 24.3 Å². The Morgan fingerprint density at radius 3 is 2.16 bits per heavy atom. The fourth-order valence-electron chi connectivity index (χ4n) is 3.98. The zero-order chi connectivity index (χ0) is 23.0. The Kier molecular flexibility index (Phi) is 5.65. The van der Waals surface area contributed by atoms with Gasteiger partial charge in [0.05, 0.1) is 19.7 Å². The number of aromatic nitrogens is 2. The first kappa shape index (κ1) is 21.5. The van der Waals surface area contributed by atoms with Gasteiger partial charge in [0.25, 0.3) is 5.91 Å². The monoisotopic (exact) mass is 437 g/mol. The quantitative estimate of drug-likeness (QED) is 0.640. The van der Waals surface area contributed by atoms with E-state index < -0.39 is 0 Å². The first-order valence-electron chi connectivity index (χ1n) is 10.4. The summed E-state index contributed by atoms with van der Waals surface area (Å²) in [7, 11) is 3.14. The van der Waals surface area contributed by atoms with Gasteiger partial charge in [-0.3, -0.25) is 4.79 Å². The van der Waals surface area contributed by atoms with Crippen LogP contribution in [0.5, 0.6) is 17.2 Å². The summed E-state index contributed by atoms with van der Waals surface area (Å²) in [5.41, 5.74) is 8.85. The van der Waals surface area contributed by atoms with Gasteiger partial charge >= 0.3 is 0 Å². The Hall–Kier alpha value is -3.75. The highest BCUT2D eigenvalue weighted by atomic mass is 16.5. The predicted octanol–water partition coefficient (Wildman–Crippen LogP) is 2.51. The van der Waals surface area contributed by atoms with Gasteiger partial charge in [0.2, 0.25) is 5.95 Å². The Labute approximate surface area is 186 Å². The molecule has 0 atom stereocenters. The molecule has 1 aliphatic heterocycles. The van der Waals surface area contributed by atoms with E-state index in [2.05, 4.69) is 9.97 Å². The molecule has 1 fully saturated rings. The van der Waals surface area contributed by atoms with Crippen LogP contribution >= 0.6 is 0 Å². The highest BCUT2D eigenvalue weighted by Gasteiger charge is 2.25. The number of benzene rings is 2. The number of amides is 1. The van der Waals surface area contributed by atoms with Crippen LogP contribution < -0.4 is 20.1 Å². The molecule has 0 saturated carbocycles. The van der Waals surface area contributed by atoms with Crippen LogP contribution in [-0.2, 0) is 0 Å². The summed E-state index contributed by atoms with van der Waals surface area (Å²) in [6.07, 6.45) is 0. The number of phenols is 1. The Bertz CT molecular complexity index is 1170. The van der Waals surface area contributed by atoms with Gasteiger partial charge in [-0.25, -0.2) is 4.98 Å². The second kappa shape index (κ2) is 8.41. The first-order chi connectivity index (χ1) is 15.3. The van der Waals surface area contributed by atoms with Crippen molar-refractivity contribution in [1.29, 1.82) is 0 Å². The number of nitrogens with two attached hydrogens (primary N) is 1. The number of nitrogen functional groups attached to an aromatic ring is 1. The average Bonchev–Trinajstić information content (AvgIpc) is 2.80. The zero-order valence-corrected chi connectivity index (χ0v) is 18.7. The molecule has 0 radical (unpaired) electrons. The third-order valence-electron chi connectivity index (χ3n) is 5.81. The van der Waals surface area contributed by atoms with Crippen LogP contribution in [0, 0.1) is 13.8 Å². The maximum absolute atomic E-state index is 13.0. The number of methoxy groups -OCH3 is 2. The minimum Gasteiger partial charge on any atom is -0.507 e. The summed E-state index contributed by atoms with van der Waals surface area (Å²) in [4.78, 5) is 25.9. The third-order valence-corrected chi connectivity index (χ3v) is 5.81. The second-order valence-corrected chi connectivity index (χ2v) is 7.87. The van der Waals surface area contributed by atoms with Crippen molar-refractivity contribution in [2.75, 3.05) is 51.0 Å². The molecule has 3 aromatic rings. The molecular weight excluding hydrogens is 410 g/mol. The number of nitrogens with zero attached hydrogens (tertiary/aromatic N) is 4. The van der Waals surface area contributed by atoms with Crippen LogP contribution in [-0.4, -0.2) is 66.3 Å². The number of phenolic OH excluding ortho intramolecular Hbond substituents is 1. The number of fused-ring (bicyclic) bond motifs is 1.